The van der Waals surface area contributed by atoms with Gasteiger partial charge in [0.15, 0.2) is 0 Å². The van der Waals surface area contributed by atoms with E-state index in [2.05, 4.69) is 0 Å². The predicted molar refractivity (Wildman–Crippen MR) is 68.2 cm³/mol. The number of hydrogen-bond acceptors (Lipinski definition) is 4. The van der Waals surface area contributed by atoms with Crippen molar-refractivity contribution in [3.05, 3.63) is 29.8 Å². The summed E-state index contributed by atoms with van der Waals surface area (Å²) in [6, 6.07) is 7.63. The van der Waals surface area contributed by atoms with E-state index in [-0.39, 0.29) is 0 Å². The molecule has 1 rings (SSSR count). The van der Waals surface area contributed by atoms with Gasteiger partial charge in [0.05, 0.1) is 18.8 Å². The smallest absolute Gasteiger partial charge is 0.0947 e. The number of para-hydroxylation sites is 1. The highest BCUT2D eigenvalue weighted by atomic mass is 16.5. The van der Waals surface area contributed by atoms with Crippen LogP contribution < -0.4 is 4.90 Å². The largest absolute Gasteiger partial charge is 0.389 e. The van der Waals surface area contributed by atoms with Gasteiger partial charge >= 0.3 is 0 Å². The minimum atomic E-state index is -0.535. The van der Waals surface area contributed by atoms with Crippen molar-refractivity contribution in [3.8, 4) is 0 Å². The van der Waals surface area contributed by atoms with E-state index >= 15 is 0 Å². The van der Waals surface area contributed by atoms with Gasteiger partial charge in [-0.2, -0.15) is 0 Å². The second-order valence-corrected chi connectivity index (χ2v) is 4.22. The fourth-order valence-corrected chi connectivity index (χ4v) is 1.85. The Balaban J connectivity index is 2.77. The minimum Gasteiger partial charge on any atom is -0.389 e. The average Bonchev–Trinajstić information content (AvgIpc) is 2.29. The first kappa shape index (κ1) is 14.0. The monoisotopic (exact) mass is 239 g/mol. The zero-order valence-corrected chi connectivity index (χ0v) is 10.6. The summed E-state index contributed by atoms with van der Waals surface area (Å²) in [5, 5.41) is 19.4. The summed E-state index contributed by atoms with van der Waals surface area (Å²) in [4.78, 5) is 1.92. The Kier molecular flexibility index (Phi) is 5.41. The molecule has 17 heavy (non-hydrogen) atoms. The van der Waals surface area contributed by atoms with Crippen molar-refractivity contribution in [1.82, 2.24) is 0 Å². The molecule has 1 aromatic carbocycles. The third-order valence-electron chi connectivity index (χ3n) is 2.64. The minimum absolute atomic E-state index is 0.307. The molecule has 1 unspecified atom stereocenters. The first-order chi connectivity index (χ1) is 8.06. The Hall–Kier alpha value is -1.10. The van der Waals surface area contributed by atoms with E-state index in [4.69, 9.17) is 4.74 Å². The van der Waals surface area contributed by atoms with Crippen LogP contribution in [0.15, 0.2) is 24.3 Å². The molecule has 4 nitrogen and oxygen atoms in total. The standard InChI is InChI=1S/C13H21NO3/c1-10(15)12-6-4-5-7-13(12)14(2)8-11(16)9-17-3/h4-7,10-11,15-16H,8-9H2,1-3H3/t10-,11?/m1/s1. The zero-order chi connectivity index (χ0) is 12.8. The van der Waals surface area contributed by atoms with E-state index in [9.17, 15) is 10.2 Å². The van der Waals surface area contributed by atoms with Gasteiger partial charge in [-0.3, -0.25) is 0 Å². The third kappa shape index (κ3) is 4.00. The van der Waals surface area contributed by atoms with E-state index < -0.39 is 12.2 Å². The van der Waals surface area contributed by atoms with Crippen LogP contribution in [0.3, 0.4) is 0 Å². The van der Waals surface area contributed by atoms with Crippen LogP contribution in [0.25, 0.3) is 0 Å². The van der Waals surface area contributed by atoms with Crippen LogP contribution in [-0.2, 0) is 4.74 Å². The number of rotatable bonds is 6. The first-order valence-electron chi connectivity index (χ1n) is 5.71. The first-order valence-corrected chi connectivity index (χ1v) is 5.71. The lowest BCUT2D eigenvalue weighted by molar-refractivity contribution is 0.0694. The number of nitrogens with zero attached hydrogens (tertiary/aromatic N) is 1. The summed E-state index contributed by atoms with van der Waals surface area (Å²) < 4.78 is 4.89. The molecule has 0 aromatic heterocycles. The molecule has 0 heterocycles. The molecule has 0 saturated heterocycles. The highest BCUT2D eigenvalue weighted by Gasteiger charge is 2.13. The van der Waals surface area contributed by atoms with E-state index in [1.54, 1.807) is 14.0 Å². The van der Waals surface area contributed by atoms with Gasteiger partial charge in [-0.25, -0.2) is 0 Å². The summed E-state index contributed by atoms with van der Waals surface area (Å²) in [6.07, 6.45) is -1.06. The number of methoxy groups -OCH3 is 1. The quantitative estimate of drug-likeness (QED) is 0.783. The molecule has 1 aromatic rings. The lowest BCUT2D eigenvalue weighted by atomic mass is 10.1. The molecule has 0 aliphatic rings. The summed E-state index contributed by atoms with van der Waals surface area (Å²) in [6.45, 7) is 2.51. The Morgan fingerprint density at radius 2 is 1.94 bits per heavy atom. The molecule has 0 spiro atoms. The van der Waals surface area contributed by atoms with Gasteiger partial charge < -0.3 is 19.8 Å². The van der Waals surface area contributed by atoms with Crippen molar-refractivity contribution in [2.24, 2.45) is 0 Å². The summed E-state index contributed by atoms with van der Waals surface area (Å²) in [7, 11) is 3.45. The van der Waals surface area contributed by atoms with Gasteiger partial charge in [0, 0.05) is 32.0 Å². The van der Waals surface area contributed by atoms with Gasteiger partial charge in [-0.15, -0.1) is 0 Å². The van der Waals surface area contributed by atoms with Crippen molar-refractivity contribution >= 4 is 5.69 Å². The number of aliphatic hydroxyl groups is 2. The maximum atomic E-state index is 9.68. The SMILES string of the molecule is COCC(O)CN(C)c1ccccc1[C@@H](C)O. The molecule has 4 heteroatoms. The topological polar surface area (TPSA) is 52.9 Å². The second-order valence-electron chi connectivity index (χ2n) is 4.22. The highest BCUT2D eigenvalue weighted by molar-refractivity contribution is 5.54. The number of anilines is 1. The predicted octanol–water partition coefficient (Wildman–Crippen LogP) is 1.18. The average molecular weight is 239 g/mol. The van der Waals surface area contributed by atoms with Crippen LogP contribution in [-0.4, -0.2) is 43.6 Å². The lowest BCUT2D eigenvalue weighted by Crippen LogP contribution is -2.32. The van der Waals surface area contributed by atoms with Crippen LogP contribution in [0, 0.1) is 0 Å². The number of ether oxygens (including phenoxy) is 1. The van der Waals surface area contributed by atoms with Crippen molar-refractivity contribution < 1.29 is 14.9 Å². The van der Waals surface area contributed by atoms with Crippen molar-refractivity contribution in [1.29, 1.82) is 0 Å². The molecule has 0 saturated carbocycles. The number of benzene rings is 1. The molecule has 0 fully saturated rings. The van der Waals surface area contributed by atoms with E-state index in [0.717, 1.165) is 11.3 Å². The van der Waals surface area contributed by atoms with E-state index in [1.165, 1.54) is 0 Å². The third-order valence-corrected chi connectivity index (χ3v) is 2.64. The molecule has 0 aliphatic carbocycles. The molecule has 2 N–H and O–H groups in total. The van der Waals surface area contributed by atoms with Gasteiger partial charge in [-0.05, 0) is 13.0 Å². The number of aliphatic hydroxyl groups excluding tert-OH is 2. The molecule has 0 radical (unpaired) electrons. The van der Waals surface area contributed by atoms with Gasteiger partial charge in [0.2, 0.25) is 0 Å². The molecule has 96 valence electrons. The molecule has 0 aliphatic heterocycles. The fraction of sp³-hybridized carbons (Fsp3) is 0.538. The molecular weight excluding hydrogens is 218 g/mol. The van der Waals surface area contributed by atoms with Crippen molar-refractivity contribution in [3.63, 3.8) is 0 Å². The van der Waals surface area contributed by atoms with Gasteiger partial charge in [0.25, 0.3) is 0 Å². The second kappa shape index (κ2) is 6.59. The van der Waals surface area contributed by atoms with Crippen LogP contribution in [0.2, 0.25) is 0 Å². The molecule has 2 atom stereocenters. The Labute approximate surface area is 102 Å². The van der Waals surface area contributed by atoms with E-state index in [0.29, 0.717) is 13.2 Å². The fourth-order valence-electron chi connectivity index (χ4n) is 1.85. The summed E-state index contributed by atoms with van der Waals surface area (Å²) in [5.41, 5.74) is 1.79. The molecular formula is C13H21NO3. The Bertz CT molecular complexity index is 341. The normalized spacial score (nSPS) is 14.4. The Morgan fingerprint density at radius 3 is 2.53 bits per heavy atom. The zero-order valence-electron chi connectivity index (χ0n) is 10.6. The summed E-state index contributed by atoms with van der Waals surface area (Å²) >= 11 is 0. The molecule has 0 bridgehead atoms. The number of likely N-dealkylation sites (N-methyl/N-ethyl adjacent to an activating group) is 1. The van der Waals surface area contributed by atoms with Gasteiger partial charge in [0.1, 0.15) is 0 Å². The van der Waals surface area contributed by atoms with Crippen LogP contribution >= 0.6 is 0 Å². The van der Waals surface area contributed by atoms with Crippen molar-refractivity contribution in [2.75, 3.05) is 32.2 Å². The van der Waals surface area contributed by atoms with Crippen LogP contribution in [0.5, 0.6) is 0 Å². The Morgan fingerprint density at radius 1 is 1.29 bits per heavy atom. The maximum Gasteiger partial charge on any atom is 0.0947 e. The van der Waals surface area contributed by atoms with Crippen molar-refractivity contribution in [2.45, 2.75) is 19.1 Å². The number of hydrogen-bond donors (Lipinski definition) is 2. The van der Waals surface area contributed by atoms with E-state index in [1.807, 2.05) is 36.2 Å². The van der Waals surface area contributed by atoms with Crippen LogP contribution in [0.1, 0.15) is 18.6 Å². The highest BCUT2D eigenvalue weighted by Crippen LogP contribution is 2.25. The maximum absolute atomic E-state index is 9.68. The lowest BCUT2D eigenvalue weighted by Gasteiger charge is -2.25. The van der Waals surface area contributed by atoms with Gasteiger partial charge in [-0.1, -0.05) is 18.2 Å². The summed E-state index contributed by atoms with van der Waals surface area (Å²) in [5.74, 6) is 0. The van der Waals surface area contributed by atoms with Crippen LogP contribution in [0.4, 0.5) is 5.69 Å². The molecule has 0 amide bonds.